The third-order valence-corrected chi connectivity index (χ3v) is 7.26. The van der Waals surface area contributed by atoms with Crippen molar-refractivity contribution in [2.24, 2.45) is 5.92 Å². The van der Waals surface area contributed by atoms with Crippen LogP contribution in [0.2, 0.25) is 0 Å². The molecule has 1 fully saturated rings. The second kappa shape index (κ2) is 8.51. The molecule has 0 radical (unpaired) electrons. The van der Waals surface area contributed by atoms with E-state index in [0.717, 1.165) is 54.4 Å². The molecule has 2 heterocycles. The quantitative estimate of drug-likeness (QED) is 0.551. The third-order valence-electron chi connectivity index (χ3n) is 6.04. The van der Waals surface area contributed by atoms with Gasteiger partial charge in [-0.25, -0.2) is 14.5 Å². The zero-order chi connectivity index (χ0) is 23.0. The van der Waals surface area contributed by atoms with Crippen molar-refractivity contribution in [1.82, 2.24) is 19.5 Å². The van der Waals surface area contributed by atoms with Gasteiger partial charge in [0.25, 0.3) is 10.0 Å². The van der Waals surface area contributed by atoms with E-state index in [1.54, 1.807) is 23.1 Å². The molecule has 0 bridgehead atoms. The van der Waals surface area contributed by atoms with Gasteiger partial charge >= 0.3 is 6.03 Å². The average molecular weight is 468 g/mol. The minimum absolute atomic E-state index is 0.171. The molecule has 2 N–H and O–H groups in total. The van der Waals surface area contributed by atoms with E-state index in [0.29, 0.717) is 24.0 Å². The summed E-state index contributed by atoms with van der Waals surface area (Å²) < 4.78 is 34.4. The number of benzene rings is 1. The number of urea groups is 1. The highest BCUT2D eigenvalue weighted by atomic mass is 32.2. The highest BCUT2D eigenvalue weighted by Crippen LogP contribution is 2.38. The number of aromatic nitrogens is 3. The van der Waals surface area contributed by atoms with Gasteiger partial charge in [0, 0.05) is 30.6 Å². The van der Waals surface area contributed by atoms with Crippen LogP contribution in [-0.4, -0.2) is 36.3 Å². The van der Waals surface area contributed by atoms with Crippen LogP contribution in [0.25, 0.3) is 11.1 Å². The van der Waals surface area contributed by atoms with Crippen LogP contribution in [0, 0.1) is 5.92 Å². The van der Waals surface area contributed by atoms with Gasteiger partial charge in [-0.15, -0.1) is 0 Å². The van der Waals surface area contributed by atoms with Gasteiger partial charge in [0.05, 0.1) is 12.8 Å². The smallest absolute Gasteiger partial charge is 0.333 e. The maximum absolute atomic E-state index is 12.8. The number of anilines is 1. The largest absolute Gasteiger partial charge is 0.481 e. The number of hydrogen-bond acceptors (Lipinski definition) is 6. The van der Waals surface area contributed by atoms with E-state index in [2.05, 4.69) is 26.2 Å². The fourth-order valence-electron chi connectivity index (χ4n) is 4.20. The van der Waals surface area contributed by atoms with Crippen LogP contribution in [0.5, 0.6) is 5.88 Å². The summed E-state index contributed by atoms with van der Waals surface area (Å²) in [4.78, 5) is 17.0. The molecule has 172 valence electrons. The van der Waals surface area contributed by atoms with Gasteiger partial charge in [-0.1, -0.05) is 12.1 Å². The van der Waals surface area contributed by atoms with Crippen molar-refractivity contribution in [3.05, 3.63) is 53.9 Å². The van der Waals surface area contributed by atoms with Crippen molar-refractivity contribution in [2.75, 3.05) is 12.4 Å². The van der Waals surface area contributed by atoms with Gasteiger partial charge in [-0.2, -0.15) is 13.5 Å². The number of nitrogens with zero attached hydrogens (tertiary/aromatic N) is 3. The predicted octanol–water partition coefficient (Wildman–Crippen LogP) is 3.36. The summed E-state index contributed by atoms with van der Waals surface area (Å²) in [7, 11) is -2.56. The summed E-state index contributed by atoms with van der Waals surface area (Å²) in [5, 5.41) is 6.76. The third kappa shape index (κ3) is 4.56. The number of nitrogens with one attached hydrogen (secondary N) is 2. The van der Waals surface area contributed by atoms with Crippen molar-refractivity contribution < 1.29 is 17.9 Å². The summed E-state index contributed by atoms with van der Waals surface area (Å²) in [6.07, 6.45) is 8.23. The zero-order valence-electron chi connectivity index (χ0n) is 18.2. The van der Waals surface area contributed by atoms with Crippen molar-refractivity contribution >= 4 is 21.7 Å². The normalized spacial score (nSPS) is 15.2. The topological polar surface area (TPSA) is 115 Å². The fourth-order valence-corrected chi connectivity index (χ4v) is 5.06. The number of sulfonamides is 1. The SMILES string of the molecule is COc1cc(-c2ccc3c(c2NC(=O)NS(=O)(=O)c2ccn(CC4CC4)n2)CCC3)ccn1. The van der Waals surface area contributed by atoms with Crippen LogP contribution in [0.4, 0.5) is 10.5 Å². The van der Waals surface area contributed by atoms with Crippen molar-refractivity contribution in [3.63, 3.8) is 0 Å². The van der Waals surface area contributed by atoms with E-state index in [-0.39, 0.29) is 5.03 Å². The minimum atomic E-state index is -4.10. The Labute approximate surface area is 192 Å². The molecule has 9 nitrogen and oxygen atoms in total. The molecule has 2 aliphatic carbocycles. The number of rotatable bonds is 7. The van der Waals surface area contributed by atoms with Crippen molar-refractivity contribution in [2.45, 2.75) is 43.7 Å². The molecule has 0 saturated heterocycles. The van der Waals surface area contributed by atoms with E-state index in [1.165, 1.54) is 13.2 Å². The molecule has 3 aromatic rings. The van der Waals surface area contributed by atoms with E-state index < -0.39 is 16.1 Å². The van der Waals surface area contributed by atoms with Crippen molar-refractivity contribution in [1.29, 1.82) is 0 Å². The first kappa shape index (κ1) is 21.4. The predicted molar refractivity (Wildman–Crippen MR) is 123 cm³/mol. The molecular weight excluding hydrogens is 442 g/mol. The Balaban J connectivity index is 1.40. The van der Waals surface area contributed by atoms with Crippen LogP contribution < -0.4 is 14.8 Å². The molecule has 33 heavy (non-hydrogen) atoms. The zero-order valence-corrected chi connectivity index (χ0v) is 19.1. The van der Waals surface area contributed by atoms with E-state index in [1.807, 2.05) is 12.1 Å². The number of fused-ring (bicyclic) bond motifs is 1. The van der Waals surface area contributed by atoms with Crippen LogP contribution >= 0.6 is 0 Å². The summed E-state index contributed by atoms with van der Waals surface area (Å²) in [5.41, 5.74) is 4.36. The number of amides is 2. The highest BCUT2D eigenvalue weighted by Gasteiger charge is 2.26. The number of hydrogen-bond donors (Lipinski definition) is 2. The molecule has 1 saturated carbocycles. The summed E-state index contributed by atoms with van der Waals surface area (Å²) >= 11 is 0. The molecule has 0 atom stereocenters. The highest BCUT2D eigenvalue weighted by molar-refractivity contribution is 7.90. The number of pyridine rings is 1. The number of aryl methyl sites for hydroxylation is 1. The van der Waals surface area contributed by atoms with Gasteiger partial charge in [0.2, 0.25) is 5.88 Å². The Hall–Kier alpha value is -3.40. The molecule has 0 spiro atoms. The van der Waals surface area contributed by atoms with Crippen LogP contribution in [0.15, 0.2) is 47.8 Å². The summed E-state index contributed by atoms with van der Waals surface area (Å²) in [5.74, 6) is 1.01. The lowest BCUT2D eigenvalue weighted by molar-refractivity contribution is 0.256. The Morgan fingerprint density at radius 3 is 2.85 bits per heavy atom. The first-order valence-corrected chi connectivity index (χ1v) is 12.4. The maximum atomic E-state index is 12.8. The Kier molecular flexibility index (Phi) is 5.53. The lowest BCUT2D eigenvalue weighted by Gasteiger charge is -2.17. The van der Waals surface area contributed by atoms with Gasteiger partial charge in [-0.3, -0.25) is 4.68 Å². The molecule has 2 aromatic heterocycles. The van der Waals surface area contributed by atoms with E-state index in [4.69, 9.17) is 4.74 Å². The average Bonchev–Trinajstić information content (AvgIpc) is 3.26. The molecule has 5 rings (SSSR count). The standard InChI is InChI=1S/C23H25N5O4S/c1-32-20-13-17(9-11-24-20)19-8-7-16-3-2-4-18(16)22(19)25-23(29)27-33(30,31)21-10-12-28(26-21)14-15-5-6-15/h7-13,15H,2-6,14H2,1H3,(H2,25,27,29). The van der Waals surface area contributed by atoms with Crippen molar-refractivity contribution in [3.8, 4) is 17.0 Å². The molecule has 0 aliphatic heterocycles. The Morgan fingerprint density at radius 2 is 2.06 bits per heavy atom. The molecule has 1 aromatic carbocycles. The second-order valence-corrected chi connectivity index (χ2v) is 10.1. The molecule has 10 heteroatoms. The minimum Gasteiger partial charge on any atom is -0.481 e. The molecule has 0 unspecified atom stereocenters. The van der Waals surface area contributed by atoms with E-state index in [9.17, 15) is 13.2 Å². The number of methoxy groups -OCH3 is 1. The van der Waals surface area contributed by atoms with Gasteiger partial charge in [0.15, 0.2) is 5.03 Å². The van der Waals surface area contributed by atoms with Gasteiger partial charge in [-0.05, 0) is 66.8 Å². The van der Waals surface area contributed by atoms with Crippen LogP contribution in [-0.2, 0) is 29.4 Å². The lowest BCUT2D eigenvalue weighted by atomic mass is 9.98. The molecular formula is C23H25N5O4S. The van der Waals surface area contributed by atoms with Crippen LogP contribution in [0.1, 0.15) is 30.4 Å². The van der Waals surface area contributed by atoms with Crippen LogP contribution in [0.3, 0.4) is 0 Å². The van der Waals surface area contributed by atoms with E-state index >= 15 is 0 Å². The maximum Gasteiger partial charge on any atom is 0.333 e. The van der Waals surface area contributed by atoms with Gasteiger partial charge < -0.3 is 10.1 Å². The molecule has 2 aliphatic rings. The fraction of sp³-hybridized carbons (Fsp3) is 0.348. The second-order valence-electron chi connectivity index (χ2n) is 8.45. The number of ether oxygens (including phenoxy) is 1. The summed E-state index contributed by atoms with van der Waals surface area (Å²) in [6, 6.07) is 8.18. The number of carbonyl (C=O) groups excluding carboxylic acids is 1. The Morgan fingerprint density at radius 1 is 1.21 bits per heavy atom. The Bertz CT molecular complexity index is 1310. The summed E-state index contributed by atoms with van der Waals surface area (Å²) in [6.45, 7) is 0.691. The number of carbonyl (C=O) groups is 1. The lowest BCUT2D eigenvalue weighted by Crippen LogP contribution is -2.35. The monoisotopic (exact) mass is 467 g/mol. The molecule has 2 amide bonds. The van der Waals surface area contributed by atoms with Gasteiger partial charge in [0.1, 0.15) is 0 Å². The first-order valence-electron chi connectivity index (χ1n) is 11.0. The first-order chi connectivity index (χ1) is 15.9.